The monoisotopic (exact) mass is 301 g/mol. The number of benzene rings is 1. The summed E-state index contributed by atoms with van der Waals surface area (Å²) in [6.07, 6.45) is 0. The van der Waals surface area contributed by atoms with Crippen LogP contribution in [-0.2, 0) is 0 Å². The highest BCUT2D eigenvalue weighted by Gasteiger charge is 2.08. The Labute approximate surface area is 105 Å². The van der Waals surface area contributed by atoms with Gasteiger partial charge in [-0.2, -0.15) is 0 Å². The maximum atomic E-state index is 12.7. The lowest BCUT2D eigenvalue weighted by molar-refractivity contribution is 0.626. The summed E-state index contributed by atoms with van der Waals surface area (Å²) in [6, 6.07) is 6.47. The molecule has 0 amide bonds. The maximum Gasteiger partial charge on any atom is 0.206 e. The van der Waals surface area contributed by atoms with Crippen molar-refractivity contribution >= 4 is 32.4 Å². The van der Waals surface area contributed by atoms with Crippen LogP contribution in [0.15, 0.2) is 28.2 Å². The first-order valence-electron chi connectivity index (χ1n) is 4.66. The summed E-state index contributed by atoms with van der Waals surface area (Å²) < 4.78 is 13.5. The van der Waals surface area contributed by atoms with Gasteiger partial charge in [-0.3, -0.25) is 0 Å². The van der Waals surface area contributed by atoms with Gasteiger partial charge in [-0.15, -0.1) is 10.2 Å². The highest BCUT2D eigenvalue weighted by molar-refractivity contribution is 9.11. The molecule has 2 rings (SSSR count). The number of halogens is 2. The molecular formula is C10H9BrFN3S. The second-order valence-electron chi connectivity index (χ2n) is 3.28. The van der Waals surface area contributed by atoms with E-state index in [2.05, 4.69) is 31.4 Å². The van der Waals surface area contributed by atoms with Crippen LogP contribution in [0.5, 0.6) is 0 Å². The first-order chi connectivity index (χ1) is 7.65. The summed E-state index contributed by atoms with van der Waals surface area (Å²) in [7, 11) is 0. The summed E-state index contributed by atoms with van der Waals surface area (Å²) in [5.41, 5.74) is 1.01. The van der Waals surface area contributed by atoms with Gasteiger partial charge in [0.2, 0.25) is 5.13 Å². The summed E-state index contributed by atoms with van der Waals surface area (Å²) in [5, 5.41) is 11.7. The maximum absolute atomic E-state index is 12.7. The number of hydrogen-bond donors (Lipinski definition) is 1. The summed E-state index contributed by atoms with van der Waals surface area (Å²) in [6.45, 7) is 1.99. The zero-order valence-electron chi connectivity index (χ0n) is 8.45. The third-order valence-electron chi connectivity index (χ3n) is 2.11. The Kier molecular flexibility index (Phi) is 3.50. The predicted molar refractivity (Wildman–Crippen MR) is 66.0 cm³/mol. The van der Waals surface area contributed by atoms with E-state index in [1.165, 1.54) is 23.5 Å². The van der Waals surface area contributed by atoms with Crippen LogP contribution in [0.25, 0.3) is 0 Å². The normalized spacial score (nSPS) is 12.4. The average molecular weight is 302 g/mol. The number of aromatic nitrogens is 2. The van der Waals surface area contributed by atoms with Crippen LogP contribution in [0.3, 0.4) is 0 Å². The Morgan fingerprint density at radius 2 is 2.00 bits per heavy atom. The molecule has 0 spiro atoms. The molecule has 1 aromatic carbocycles. The van der Waals surface area contributed by atoms with Crippen LogP contribution in [0, 0.1) is 5.82 Å². The van der Waals surface area contributed by atoms with Crippen molar-refractivity contribution in [3.8, 4) is 0 Å². The first kappa shape index (κ1) is 11.5. The molecule has 0 saturated heterocycles. The second-order valence-corrected chi connectivity index (χ2v) is 5.53. The fourth-order valence-corrected chi connectivity index (χ4v) is 2.38. The van der Waals surface area contributed by atoms with Crippen molar-refractivity contribution in [1.29, 1.82) is 0 Å². The quantitative estimate of drug-likeness (QED) is 0.941. The van der Waals surface area contributed by atoms with E-state index in [-0.39, 0.29) is 11.9 Å². The van der Waals surface area contributed by atoms with Crippen LogP contribution in [0.2, 0.25) is 0 Å². The Bertz CT molecular complexity index is 471. The fraction of sp³-hybridized carbons (Fsp3) is 0.200. The van der Waals surface area contributed by atoms with Gasteiger partial charge in [0.25, 0.3) is 0 Å². The van der Waals surface area contributed by atoms with Crippen LogP contribution in [0.4, 0.5) is 9.52 Å². The number of nitrogens with zero attached hydrogens (tertiary/aromatic N) is 2. The van der Waals surface area contributed by atoms with Crippen molar-refractivity contribution in [3.63, 3.8) is 0 Å². The van der Waals surface area contributed by atoms with Gasteiger partial charge in [-0.1, -0.05) is 23.5 Å². The SMILES string of the molecule is CC(Nc1nnc(Br)s1)c1ccc(F)cc1. The van der Waals surface area contributed by atoms with Gasteiger partial charge in [-0.25, -0.2) is 4.39 Å². The van der Waals surface area contributed by atoms with Crippen molar-refractivity contribution < 1.29 is 4.39 Å². The van der Waals surface area contributed by atoms with Gasteiger partial charge < -0.3 is 5.32 Å². The van der Waals surface area contributed by atoms with E-state index in [1.807, 2.05) is 6.92 Å². The minimum Gasteiger partial charge on any atom is -0.354 e. The number of nitrogens with one attached hydrogen (secondary N) is 1. The van der Waals surface area contributed by atoms with Crippen molar-refractivity contribution in [1.82, 2.24) is 10.2 Å². The molecule has 0 radical (unpaired) electrons. The number of rotatable bonds is 3. The van der Waals surface area contributed by atoms with Crippen molar-refractivity contribution in [2.75, 3.05) is 5.32 Å². The predicted octanol–water partition coefficient (Wildman–Crippen LogP) is 3.61. The fourth-order valence-electron chi connectivity index (χ4n) is 1.28. The van der Waals surface area contributed by atoms with E-state index < -0.39 is 0 Å². The van der Waals surface area contributed by atoms with Gasteiger partial charge in [0.1, 0.15) is 5.82 Å². The van der Waals surface area contributed by atoms with Gasteiger partial charge >= 0.3 is 0 Å². The third-order valence-corrected chi connectivity index (χ3v) is 3.40. The lowest BCUT2D eigenvalue weighted by Crippen LogP contribution is -2.06. The summed E-state index contributed by atoms with van der Waals surface area (Å²) in [5.74, 6) is -0.227. The van der Waals surface area contributed by atoms with Gasteiger partial charge in [0, 0.05) is 0 Å². The standard InChI is InChI=1S/C10H9BrFN3S/c1-6(7-2-4-8(12)5-3-7)13-10-15-14-9(11)16-10/h2-6H,1H3,(H,13,15). The highest BCUT2D eigenvalue weighted by atomic mass is 79.9. The third kappa shape index (κ3) is 2.76. The molecule has 0 saturated carbocycles. The second kappa shape index (κ2) is 4.88. The van der Waals surface area contributed by atoms with Crippen molar-refractivity contribution in [2.24, 2.45) is 0 Å². The molecule has 0 aliphatic rings. The molecule has 2 aromatic rings. The van der Waals surface area contributed by atoms with Gasteiger partial charge in [-0.05, 0) is 40.5 Å². The summed E-state index contributed by atoms with van der Waals surface area (Å²) >= 11 is 4.67. The molecule has 0 bridgehead atoms. The lowest BCUT2D eigenvalue weighted by atomic mass is 10.1. The molecule has 3 nitrogen and oxygen atoms in total. The summed E-state index contributed by atoms with van der Waals surface area (Å²) in [4.78, 5) is 0. The number of hydrogen-bond acceptors (Lipinski definition) is 4. The Morgan fingerprint density at radius 1 is 1.31 bits per heavy atom. The van der Waals surface area contributed by atoms with Crippen LogP contribution < -0.4 is 5.32 Å². The smallest absolute Gasteiger partial charge is 0.206 e. The first-order valence-corrected chi connectivity index (χ1v) is 6.27. The largest absolute Gasteiger partial charge is 0.354 e. The van der Waals surface area contributed by atoms with E-state index >= 15 is 0 Å². The Balaban J connectivity index is 2.08. The minimum absolute atomic E-state index is 0.0699. The molecule has 0 aliphatic carbocycles. The van der Waals surface area contributed by atoms with E-state index in [0.29, 0.717) is 0 Å². The lowest BCUT2D eigenvalue weighted by Gasteiger charge is -2.12. The molecule has 1 N–H and O–H groups in total. The molecule has 16 heavy (non-hydrogen) atoms. The van der Waals surface area contributed by atoms with Crippen LogP contribution >= 0.6 is 27.3 Å². The molecule has 1 atom stereocenters. The number of anilines is 1. The van der Waals surface area contributed by atoms with E-state index in [9.17, 15) is 4.39 Å². The van der Waals surface area contributed by atoms with Gasteiger partial charge in [0.05, 0.1) is 6.04 Å². The van der Waals surface area contributed by atoms with E-state index in [4.69, 9.17) is 0 Å². The van der Waals surface area contributed by atoms with Crippen LogP contribution in [0.1, 0.15) is 18.5 Å². The van der Waals surface area contributed by atoms with Crippen molar-refractivity contribution in [2.45, 2.75) is 13.0 Å². The molecule has 84 valence electrons. The van der Waals surface area contributed by atoms with Crippen LogP contribution in [-0.4, -0.2) is 10.2 Å². The molecule has 1 aromatic heterocycles. The minimum atomic E-state index is -0.227. The van der Waals surface area contributed by atoms with E-state index in [0.717, 1.165) is 14.6 Å². The zero-order valence-corrected chi connectivity index (χ0v) is 10.8. The average Bonchev–Trinajstić information content (AvgIpc) is 2.65. The zero-order chi connectivity index (χ0) is 11.5. The molecular weight excluding hydrogens is 293 g/mol. The Hall–Kier alpha value is -1.01. The molecule has 0 aliphatic heterocycles. The highest BCUT2D eigenvalue weighted by Crippen LogP contribution is 2.24. The molecule has 6 heteroatoms. The van der Waals surface area contributed by atoms with Crippen molar-refractivity contribution in [3.05, 3.63) is 39.6 Å². The molecule has 0 fully saturated rings. The topological polar surface area (TPSA) is 37.8 Å². The Morgan fingerprint density at radius 3 is 2.56 bits per heavy atom. The van der Waals surface area contributed by atoms with E-state index in [1.54, 1.807) is 12.1 Å². The van der Waals surface area contributed by atoms with Gasteiger partial charge in [0.15, 0.2) is 3.92 Å². The molecule has 1 heterocycles. The molecule has 1 unspecified atom stereocenters.